The van der Waals surface area contributed by atoms with E-state index in [1.807, 2.05) is 0 Å². The van der Waals surface area contributed by atoms with Crippen molar-refractivity contribution >= 4 is 27.9 Å². The van der Waals surface area contributed by atoms with Gasteiger partial charge in [0, 0.05) is 10.9 Å². The van der Waals surface area contributed by atoms with Gasteiger partial charge in [-0.05, 0) is 0 Å². The average molecular weight is 251 g/mol. The highest BCUT2D eigenvalue weighted by Crippen LogP contribution is 2.06. The van der Waals surface area contributed by atoms with Crippen molar-refractivity contribution in [2.24, 2.45) is 0 Å². The van der Waals surface area contributed by atoms with Crippen molar-refractivity contribution in [2.45, 2.75) is 6.42 Å². The maximum Gasteiger partial charge on any atom is 0.334 e. The lowest BCUT2D eigenvalue weighted by Gasteiger charge is -2.02. The van der Waals surface area contributed by atoms with Crippen molar-refractivity contribution in [3.05, 3.63) is 11.6 Å². The second-order valence-corrected chi connectivity index (χ2v) is 2.78. The van der Waals surface area contributed by atoms with Crippen molar-refractivity contribution in [1.29, 1.82) is 0 Å². The van der Waals surface area contributed by atoms with E-state index in [0.29, 0.717) is 10.9 Å². The maximum atomic E-state index is 11.0. The largest absolute Gasteiger partial charge is 0.469 e. The first-order valence-corrected chi connectivity index (χ1v) is 4.68. The monoisotopic (exact) mass is 250 g/mol. The molecule has 0 aliphatic carbocycles. The third-order valence-corrected chi connectivity index (χ3v) is 1.66. The number of methoxy groups -OCH3 is 2. The lowest BCUT2D eigenvalue weighted by atomic mass is 10.2. The fourth-order valence-corrected chi connectivity index (χ4v) is 1.07. The second-order valence-electron chi connectivity index (χ2n) is 2.13. The van der Waals surface area contributed by atoms with Crippen LogP contribution in [0.25, 0.3) is 0 Å². The maximum absolute atomic E-state index is 11.0. The lowest BCUT2D eigenvalue weighted by molar-refractivity contribution is -0.143. The first-order valence-electron chi connectivity index (χ1n) is 3.55. The number of carbonyl (C=O) groups excluding carboxylic acids is 2. The summed E-state index contributed by atoms with van der Waals surface area (Å²) in [5.41, 5.74) is 0.297. The summed E-state index contributed by atoms with van der Waals surface area (Å²) in [7, 11) is 2.53. The molecule has 0 fully saturated rings. The predicted octanol–water partition coefficient (Wildman–Crippen LogP) is 1.04. The molecular formula is C8H11BrO4. The highest BCUT2D eigenvalue weighted by Gasteiger charge is 2.13. The van der Waals surface area contributed by atoms with Gasteiger partial charge in [-0.15, -0.1) is 0 Å². The van der Waals surface area contributed by atoms with Crippen LogP contribution in [0.1, 0.15) is 6.42 Å². The topological polar surface area (TPSA) is 52.6 Å². The number of hydrogen-bond acceptors (Lipinski definition) is 4. The van der Waals surface area contributed by atoms with Gasteiger partial charge >= 0.3 is 11.9 Å². The van der Waals surface area contributed by atoms with E-state index in [-0.39, 0.29) is 6.42 Å². The van der Waals surface area contributed by atoms with Gasteiger partial charge in [0.25, 0.3) is 0 Å². The van der Waals surface area contributed by atoms with Gasteiger partial charge in [0.1, 0.15) is 0 Å². The van der Waals surface area contributed by atoms with Crippen LogP contribution in [0.5, 0.6) is 0 Å². The van der Waals surface area contributed by atoms with Crippen LogP contribution in [0.3, 0.4) is 0 Å². The number of alkyl halides is 1. The van der Waals surface area contributed by atoms with E-state index in [1.54, 1.807) is 6.08 Å². The summed E-state index contributed by atoms with van der Waals surface area (Å²) in [6, 6.07) is 0. The molecular weight excluding hydrogens is 240 g/mol. The summed E-state index contributed by atoms with van der Waals surface area (Å²) in [6.07, 6.45) is 1.51. The van der Waals surface area contributed by atoms with E-state index in [1.165, 1.54) is 14.2 Å². The Labute approximate surface area is 85.0 Å². The highest BCUT2D eigenvalue weighted by molar-refractivity contribution is 9.09. The number of ether oxygens (including phenoxy) is 2. The lowest BCUT2D eigenvalue weighted by Crippen LogP contribution is -2.11. The van der Waals surface area contributed by atoms with Gasteiger partial charge < -0.3 is 9.47 Å². The van der Waals surface area contributed by atoms with E-state index in [0.717, 1.165) is 0 Å². The third-order valence-electron chi connectivity index (χ3n) is 1.33. The molecule has 0 saturated carbocycles. The second kappa shape index (κ2) is 6.65. The normalized spacial score (nSPS) is 10.8. The van der Waals surface area contributed by atoms with E-state index < -0.39 is 11.9 Å². The fraction of sp³-hybridized carbons (Fsp3) is 0.500. The molecule has 4 nitrogen and oxygen atoms in total. The number of hydrogen-bond donors (Lipinski definition) is 0. The Bertz CT molecular complexity index is 222. The smallest absolute Gasteiger partial charge is 0.334 e. The molecule has 0 spiro atoms. The minimum Gasteiger partial charge on any atom is -0.469 e. The van der Waals surface area contributed by atoms with Gasteiger partial charge in [-0.25, -0.2) is 4.79 Å². The summed E-state index contributed by atoms with van der Waals surface area (Å²) >= 11 is 3.12. The fourth-order valence-electron chi connectivity index (χ4n) is 0.680. The van der Waals surface area contributed by atoms with E-state index in [2.05, 4.69) is 25.4 Å². The molecule has 0 aliphatic heterocycles. The number of rotatable bonds is 4. The molecule has 0 amide bonds. The van der Waals surface area contributed by atoms with Crippen molar-refractivity contribution in [2.75, 3.05) is 19.5 Å². The van der Waals surface area contributed by atoms with Crippen LogP contribution in [-0.4, -0.2) is 31.5 Å². The van der Waals surface area contributed by atoms with Gasteiger partial charge in [-0.3, -0.25) is 4.79 Å². The molecule has 0 aliphatic rings. The summed E-state index contributed by atoms with van der Waals surface area (Å²) in [6.45, 7) is 0. The van der Waals surface area contributed by atoms with Crippen LogP contribution < -0.4 is 0 Å². The van der Waals surface area contributed by atoms with E-state index >= 15 is 0 Å². The Morgan fingerprint density at radius 3 is 2.31 bits per heavy atom. The van der Waals surface area contributed by atoms with Crippen LogP contribution in [0.2, 0.25) is 0 Å². The summed E-state index contributed by atoms with van der Waals surface area (Å²) in [5, 5.41) is 0.494. The Balaban J connectivity index is 4.36. The SMILES string of the molecule is COC(=O)CC(=CCBr)C(=O)OC. The molecule has 5 heteroatoms. The van der Waals surface area contributed by atoms with Crippen LogP contribution in [0.4, 0.5) is 0 Å². The number of carbonyl (C=O) groups is 2. The highest BCUT2D eigenvalue weighted by atomic mass is 79.9. The molecule has 0 N–H and O–H groups in total. The number of esters is 2. The number of halogens is 1. The minimum absolute atomic E-state index is 0.0607. The first-order chi connectivity index (χ1) is 6.15. The zero-order chi connectivity index (χ0) is 10.3. The molecule has 0 rings (SSSR count). The quantitative estimate of drug-likeness (QED) is 0.425. The molecule has 74 valence electrons. The van der Waals surface area contributed by atoms with E-state index in [4.69, 9.17) is 0 Å². The van der Waals surface area contributed by atoms with Crippen molar-refractivity contribution in [3.63, 3.8) is 0 Å². The van der Waals surface area contributed by atoms with Gasteiger partial charge in [-0.1, -0.05) is 22.0 Å². The molecule has 0 radical (unpaired) electrons. The van der Waals surface area contributed by atoms with Gasteiger partial charge in [0.15, 0.2) is 0 Å². The third kappa shape index (κ3) is 4.67. The summed E-state index contributed by atoms with van der Waals surface area (Å²) < 4.78 is 8.89. The minimum atomic E-state index is -0.509. The summed E-state index contributed by atoms with van der Waals surface area (Å²) in [4.78, 5) is 21.9. The van der Waals surface area contributed by atoms with Gasteiger partial charge in [-0.2, -0.15) is 0 Å². The molecule has 0 unspecified atom stereocenters. The van der Waals surface area contributed by atoms with Gasteiger partial charge in [0.05, 0.1) is 20.6 Å². The Morgan fingerprint density at radius 2 is 1.92 bits per heavy atom. The standard InChI is InChI=1S/C8H11BrO4/c1-12-7(10)5-6(3-4-9)8(11)13-2/h3H,4-5H2,1-2H3. The molecule has 0 heterocycles. The zero-order valence-electron chi connectivity index (χ0n) is 7.50. The Morgan fingerprint density at radius 1 is 1.31 bits per heavy atom. The van der Waals surface area contributed by atoms with Crippen LogP contribution >= 0.6 is 15.9 Å². The average Bonchev–Trinajstić information content (AvgIpc) is 2.15. The van der Waals surface area contributed by atoms with Crippen molar-refractivity contribution in [1.82, 2.24) is 0 Å². The van der Waals surface area contributed by atoms with Crippen LogP contribution in [-0.2, 0) is 19.1 Å². The van der Waals surface area contributed by atoms with Crippen LogP contribution in [0, 0.1) is 0 Å². The zero-order valence-corrected chi connectivity index (χ0v) is 9.09. The van der Waals surface area contributed by atoms with E-state index in [9.17, 15) is 9.59 Å². The molecule has 0 aromatic heterocycles. The molecule has 0 bridgehead atoms. The number of allylic oxidation sites excluding steroid dienone is 1. The molecule has 0 saturated heterocycles. The molecule has 0 atom stereocenters. The van der Waals surface area contributed by atoms with Crippen LogP contribution in [0.15, 0.2) is 11.6 Å². The Kier molecular flexibility index (Phi) is 6.22. The van der Waals surface area contributed by atoms with Crippen molar-refractivity contribution < 1.29 is 19.1 Å². The molecule has 13 heavy (non-hydrogen) atoms. The first kappa shape index (κ1) is 12.2. The Hall–Kier alpha value is -0.840. The van der Waals surface area contributed by atoms with Crippen molar-refractivity contribution in [3.8, 4) is 0 Å². The predicted molar refractivity (Wildman–Crippen MR) is 50.5 cm³/mol. The van der Waals surface area contributed by atoms with Gasteiger partial charge in [0.2, 0.25) is 0 Å². The molecule has 0 aromatic rings. The molecule has 0 aromatic carbocycles. The summed E-state index contributed by atoms with van der Waals surface area (Å²) in [5.74, 6) is -0.970.